The first-order chi connectivity index (χ1) is 14.2. The van der Waals surface area contributed by atoms with Gasteiger partial charge in [0.2, 0.25) is 0 Å². The van der Waals surface area contributed by atoms with E-state index in [4.69, 9.17) is 4.74 Å². The zero-order chi connectivity index (χ0) is 20.1. The van der Waals surface area contributed by atoms with Crippen molar-refractivity contribution in [3.63, 3.8) is 0 Å². The van der Waals surface area contributed by atoms with Crippen LogP contribution in [0.5, 0.6) is 11.5 Å². The Morgan fingerprint density at radius 2 is 1.62 bits per heavy atom. The molecule has 148 valence electrons. The fourth-order valence-corrected chi connectivity index (χ4v) is 3.27. The van der Waals surface area contributed by atoms with Crippen molar-refractivity contribution < 1.29 is 9.53 Å². The van der Waals surface area contributed by atoms with E-state index < -0.39 is 0 Å². The molecule has 0 unspecified atom stereocenters. The Labute approximate surface area is 170 Å². The van der Waals surface area contributed by atoms with Crippen LogP contribution in [-0.4, -0.2) is 34.1 Å². The summed E-state index contributed by atoms with van der Waals surface area (Å²) < 4.78 is 5.79. The van der Waals surface area contributed by atoms with Crippen LogP contribution in [0.1, 0.15) is 30.3 Å². The van der Waals surface area contributed by atoms with Crippen molar-refractivity contribution in [3.05, 3.63) is 72.4 Å². The number of carbonyl (C=O) groups excluding carboxylic acids is 1. The minimum Gasteiger partial charge on any atom is -0.457 e. The molecule has 6 nitrogen and oxygen atoms in total. The van der Waals surface area contributed by atoms with Crippen LogP contribution in [0.25, 0.3) is 0 Å². The molecular formula is C23H24N4O2. The molecule has 3 aromatic rings. The lowest BCUT2D eigenvalue weighted by Gasteiger charge is -2.29. The Balaban J connectivity index is 1.35. The van der Waals surface area contributed by atoms with Gasteiger partial charge in [0, 0.05) is 18.8 Å². The molecule has 1 N–H and O–H groups in total. The van der Waals surface area contributed by atoms with E-state index in [1.54, 1.807) is 12.1 Å². The van der Waals surface area contributed by atoms with Gasteiger partial charge in [-0.3, -0.25) is 4.79 Å². The van der Waals surface area contributed by atoms with Crippen LogP contribution in [0, 0.1) is 5.92 Å². The van der Waals surface area contributed by atoms with E-state index in [0.29, 0.717) is 17.4 Å². The van der Waals surface area contributed by atoms with E-state index in [9.17, 15) is 4.79 Å². The second-order valence-electron chi connectivity index (χ2n) is 7.34. The van der Waals surface area contributed by atoms with Crippen molar-refractivity contribution in [2.45, 2.75) is 19.8 Å². The van der Waals surface area contributed by atoms with Gasteiger partial charge in [-0.25, -0.2) is 0 Å². The Bertz CT molecular complexity index is 935. The minimum absolute atomic E-state index is 0.0432. The number of likely N-dealkylation sites (tertiary alicyclic amines) is 1. The van der Waals surface area contributed by atoms with Crippen molar-refractivity contribution in [2.24, 2.45) is 5.92 Å². The quantitative estimate of drug-likeness (QED) is 0.674. The predicted molar refractivity (Wildman–Crippen MR) is 113 cm³/mol. The summed E-state index contributed by atoms with van der Waals surface area (Å²) in [6.07, 6.45) is 2.09. The van der Waals surface area contributed by atoms with E-state index in [0.717, 1.165) is 43.1 Å². The second kappa shape index (κ2) is 8.73. The monoisotopic (exact) mass is 388 g/mol. The maximum atomic E-state index is 12.6. The average molecular weight is 388 g/mol. The van der Waals surface area contributed by atoms with Gasteiger partial charge in [-0.2, -0.15) is 0 Å². The maximum Gasteiger partial charge on any atom is 0.274 e. The molecule has 2 heterocycles. The molecule has 1 fully saturated rings. The highest BCUT2D eigenvalue weighted by atomic mass is 16.5. The van der Waals surface area contributed by atoms with E-state index in [-0.39, 0.29) is 5.91 Å². The van der Waals surface area contributed by atoms with Gasteiger partial charge in [0.1, 0.15) is 11.5 Å². The number of benzene rings is 2. The summed E-state index contributed by atoms with van der Waals surface area (Å²) in [7, 11) is 0. The number of hydrogen-bond donors (Lipinski definition) is 1. The molecule has 29 heavy (non-hydrogen) atoms. The number of aromatic nitrogens is 2. The smallest absolute Gasteiger partial charge is 0.274 e. The molecule has 0 aliphatic carbocycles. The number of hydrogen-bond acceptors (Lipinski definition) is 5. The lowest BCUT2D eigenvalue weighted by Crippen LogP contribution is -2.38. The molecule has 2 aromatic carbocycles. The fourth-order valence-electron chi connectivity index (χ4n) is 3.27. The molecule has 6 heteroatoms. The van der Waals surface area contributed by atoms with Gasteiger partial charge in [-0.05, 0) is 67.3 Å². The second-order valence-corrected chi connectivity index (χ2v) is 7.34. The number of nitrogens with zero attached hydrogens (tertiary/aromatic N) is 3. The van der Waals surface area contributed by atoms with Gasteiger partial charge < -0.3 is 15.0 Å². The molecule has 1 aliphatic rings. The lowest BCUT2D eigenvalue weighted by molar-refractivity contribution is 0.0690. The summed E-state index contributed by atoms with van der Waals surface area (Å²) in [5.74, 6) is 2.78. The van der Waals surface area contributed by atoms with Crippen LogP contribution in [-0.2, 0) is 0 Å². The molecule has 0 saturated carbocycles. The summed E-state index contributed by atoms with van der Waals surface area (Å²) in [6, 6.07) is 20.7. The van der Waals surface area contributed by atoms with E-state index in [1.807, 2.05) is 59.5 Å². The maximum absolute atomic E-state index is 12.6. The molecule has 1 aliphatic heterocycles. The van der Waals surface area contributed by atoms with Gasteiger partial charge in [0.15, 0.2) is 11.5 Å². The van der Waals surface area contributed by atoms with Crippen molar-refractivity contribution in [2.75, 3.05) is 18.4 Å². The number of rotatable bonds is 5. The number of para-hydroxylation sites is 1. The van der Waals surface area contributed by atoms with Crippen molar-refractivity contribution in [1.29, 1.82) is 0 Å². The van der Waals surface area contributed by atoms with Crippen LogP contribution < -0.4 is 10.1 Å². The third-order valence-corrected chi connectivity index (χ3v) is 5.06. The number of anilines is 2. The highest BCUT2D eigenvalue weighted by Gasteiger charge is 2.22. The minimum atomic E-state index is -0.0432. The Morgan fingerprint density at radius 3 is 2.28 bits per heavy atom. The first kappa shape index (κ1) is 18.9. The molecule has 0 radical (unpaired) electrons. The molecule has 0 spiro atoms. The summed E-state index contributed by atoms with van der Waals surface area (Å²) in [6.45, 7) is 3.81. The normalized spacial score (nSPS) is 14.4. The molecule has 0 bridgehead atoms. The Kier molecular flexibility index (Phi) is 5.70. The van der Waals surface area contributed by atoms with Crippen LogP contribution in [0.15, 0.2) is 66.7 Å². The zero-order valence-electron chi connectivity index (χ0n) is 16.4. The van der Waals surface area contributed by atoms with Crippen molar-refractivity contribution in [1.82, 2.24) is 15.1 Å². The summed E-state index contributed by atoms with van der Waals surface area (Å²) in [5.41, 5.74) is 1.25. The summed E-state index contributed by atoms with van der Waals surface area (Å²) in [5, 5.41) is 11.5. The predicted octanol–water partition coefficient (Wildman–Crippen LogP) is 4.88. The van der Waals surface area contributed by atoms with Crippen LogP contribution >= 0.6 is 0 Å². The average Bonchev–Trinajstić information content (AvgIpc) is 2.76. The molecule has 1 amide bonds. The summed E-state index contributed by atoms with van der Waals surface area (Å²) in [4.78, 5) is 14.4. The number of piperidine rings is 1. The van der Waals surface area contributed by atoms with Crippen LogP contribution in [0.2, 0.25) is 0 Å². The lowest BCUT2D eigenvalue weighted by atomic mass is 9.99. The number of carbonyl (C=O) groups is 1. The zero-order valence-corrected chi connectivity index (χ0v) is 16.4. The first-order valence-electron chi connectivity index (χ1n) is 9.90. The highest BCUT2D eigenvalue weighted by molar-refractivity contribution is 5.92. The van der Waals surface area contributed by atoms with Gasteiger partial charge >= 0.3 is 0 Å². The van der Waals surface area contributed by atoms with Gasteiger partial charge in [-0.15, -0.1) is 10.2 Å². The third kappa shape index (κ3) is 4.90. The van der Waals surface area contributed by atoms with Gasteiger partial charge in [0.05, 0.1) is 0 Å². The van der Waals surface area contributed by atoms with E-state index in [2.05, 4.69) is 22.4 Å². The number of nitrogens with one attached hydrogen (secondary N) is 1. The third-order valence-electron chi connectivity index (χ3n) is 5.06. The van der Waals surface area contributed by atoms with Crippen LogP contribution in [0.3, 0.4) is 0 Å². The first-order valence-corrected chi connectivity index (χ1v) is 9.90. The molecule has 1 saturated heterocycles. The Morgan fingerprint density at radius 1 is 0.931 bits per heavy atom. The fraction of sp³-hybridized carbons (Fsp3) is 0.261. The van der Waals surface area contributed by atoms with Gasteiger partial charge in [-0.1, -0.05) is 25.1 Å². The van der Waals surface area contributed by atoms with E-state index >= 15 is 0 Å². The topological polar surface area (TPSA) is 67.4 Å². The van der Waals surface area contributed by atoms with Crippen molar-refractivity contribution in [3.8, 4) is 11.5 Å². The standard InChI is InChI=1S/C23H24N4O2/c1-17-13-15-27(16-14-17)23(28)21-11-12-22(26-25-21)24-18-7-9-20(10-8-18)29-19-5-3-2-4-6-19/h2-12,17H,13-16H2,1H3,(H,24,26). The Hall–Kier alpha value is -3.41. The molecule has 4 rings (SSSR count). The molecular weight excluding hydrogens is 364 g/mol. The van der Waals surface area contributed by atoms with E-state index in [1.165, 1.54) is 0 Å². The van der Waals surface area contributed by atoms with Crippen LogP contribution in [0.4, 0.5) is 11.5 Å². The number of ether oxygens (including phenoxy) is 1. The molecule has 0 atom stereocenters. The number of amides is 1. The highest BCUT2D eigenvalue weighted by Crippen LogP contribution is 2.24. The molecule has 1 aromatic heterocycles. The SMILES string of the molecule is CC1CCN(C(=O)c2ccc(Nc3ccc(Oc4ccccc4)cc3)nn2)CC1. The van der Waals surface area contributed by atoms with Gasteiger partial charge in [0.25, 0.3) is 5.91 Å². The van der Waals surface area contributed by atoms with Crippen molar-refractivity contribution >= 4 is 17.4 Å². The summed E-state index contributed by atoms with van der Waals surface area (Å²) >= 11 is 0. The largest absolute Gasteiger partial charge is 0.457 e.